The van der Waals surface area contributed by atoms with E-state index in [9.17, 15) is 14.4 Å². The minimum absolute atomic E-state index is 0.0908. The minimum atomic E-state index is -0.730. The summed E-state index contributed by atoms with van der Waals surface area (Å²) in [5.41, 5.74) is 3.26. The molecule has 1 aromatic carbocycles. The average Bonchev–Trinajstić information content (AvgIpc) is 2.55. The predicted octanol–water partition coefficient (Wildman–Crippen LogP) is 2.23. The van der Waals surface area contributed by atoms with E-state index in [1.54, 1.807) is 6.92 Å². The number of nitrogens with zero attached hydrogens (tertiary/aromatic N) is 1. The Morgan fingerprint density at radius 3 is 2.43 bits per heavy atom. The number of benzene rings is 1. The molecule has 1 atom stereocenters. The van der Waals surface area contributed by atoms with Crippen LogP contribution in [0.4, 0.5) is 9.59 Å². The van der Waals surface area contributed by atoms with Crippen molar-refractivity contribution < 1.29 is 19.1 Å². The second-order valence-corrected chi connectivity index (χ2v) is 5.16. The monoisotopic (exact) mass is 321 g/mol. The lowest BCUT2D eigenvalue weighted by Crippen LogP contribution is -2.55. The summed E-state index contributed by atoms with van der Waals surface area (Å²) in [5, 5.41) is 3.58. The van der Waals surface area contributed by atoms with Gasteiger partial charge in [0.05, 0.1) is 12.6 Å². The Balaban J connectivity index is 2.56. The molecule has 0 bridgehead atoms. The van der Waals surface area contributed by atoms with E-state index in [-0.39, 0.29) is 25.0 Å². The molecule has 0 aromatic heterocycles. The second-order valence-electron chi connectivity index (χ2n) is 5.16. The molecule has 0 saturated carbocycles. The first kappa shape index (κ1) is 18.5. The number of hydrazine groups is 1. The van der Waals surface area contributed by atoms with Crippen LogP contribution >= 0.6 is 0 Å². The largest absolute Gasteiger partial charge is 0.443 e. The van der Waals surface area contributed by atoms with Gasteiger partial charge in [0.1, 0.15) is 12.4 Å². The maximum Gasteiger partial charge on any atom is 0.426 e. The Kier molecular flexibility index (Phi) is 7.59. The summed E-state index contributed by atoms with van der Waals surface area (Å²) in [6.07, 6.45) is -0.0981. The Bertz CT molecular complexity index is 533. The van der Waals surface area contributed by atoms with Gasteiger partial charge in [0, 0.05) is 0 Å². The molecule has 0 saturated heterocycles. The van der Waals surface area contributed by atoms with Gasteiger partial charge in [-0.25, -0.2) is 20.0 Å². The van der Waals surface area contributed by atoms with Gasteiger partial charge in [-0.15, -0.1) is 0 Å². The molecule has 0 radical (unpaired) electrons. The number of ketones is 1. The SMILES string of the molecule is CCC(C)N(NC(=O)OCc1ccccc1)C(=O)NCC(C)=O. The van der Waals surface area contributed by atoms with Gasteiger partial charge in [-0.3, -0.25) is 4.79 Å². The number of ether oxygens (including phenoxy) is 1. The predicted molar refractivity (Wildman–Crippen MR) is 85.4 cm³/mol. The third-order valence-corrected chi connectivity index (χ3v) is 3.16. The minimum Gasteiger partial charge on any atom is -0.443 e. The van der Waals surface area contributed by atoms with E-state index in [4.69, 9.17) is 4.74 Å². The Labute approximate surface area is 136 Å². The summed E-state index contributed by atoms with van der Waals surface area (Å²) >= 11 is 0. The number of carbonyl (C=O) groups excluding carboxylic acids is 3. The van der Waals surface area contributed by atoms with Crippen molar-refractivity contribution in [2.75, 3.05) is 6.54 Å². The zero-order valence-corrected chi connectivity index (χ0v) is 13.7. The number of carbonyl (C=O) groups is 3. The molecule has 1 rings (SSSR count). The molecule has 2 N–H and O–H groups in total. The van der Waals surface area contributed by atoms with Gasteiger partial charge in [-0.2, -0.15) is 0 Å². The zero-order chi connectivity index (χ0) is 17.2. The Morgan fingerprint density at radius 2 is 1.87 bits per heavy atom. The van der Waals surface area contributed by atoms with E-state index in [1.165, 1.54) is 6.92 Å². The number of nitrogens with one attached hydrogen (secondary N) is 2. The molecule has 7 heteroatoms. The van der Waals surface area contributed by atoms with Crippen LogP contribution < -0.4 is 10.7 Å². The van der Waals surface area contributed by atoms with Crippen molar-refractivity contribution >= 4 is 17.9 Å². The van der Waals surface area contributed by atoms with Crippen LogP contribution in [0.5, 0.6) is 0 Å². The molecule has 1 aromatic rings. The highest BCUT2D eigenvalue weighted by Crippen LogP contribution is 2.03. The van der Waals surface area contributed by atoms with Crippen LogP contribution in [-0.4, -0.2) is 35.5 Å². The lowest BCUT2D eigenvalue weighted by atomic mass is 10.2. The van der Waals surface area contributed by atoms with E-state index in [0.717, 1.165) is 10.6 Å². The standard InChI is InChI=1S/C16H23N3O4/c1-4-12(2)19(15(21)17-10-13(3)20)18-16(22)23-11-14-8-6-5-7-9-14/h5-9,12H,4,10-11H2,1-3H3,(H,17,21)(H,18,22). The first-order valence-electron chi connectivity index (χ1n) is 7.47. The van der Waals surface area contributed by atoms with Crippen LogP contribution in [0.2, 0.25) is 0 Å². The van der Waals surface area contributed by atoms with E-state index in [0.29, 0.717) is 6.42 Å². The van der Waals surface area contributed by atoms with Crippen LogP contribution in [0.3, 0.4) is 0 Å². The van der Waals surface area contributed by atoms with Gasteiger partial charge in [0.15, 0.2) is 0 Å². The molecule has 23 heavy (non-hydrogen) atoms. The normalized spacial score (nSPS) is 11.3. The topological polar surface area (TPSA) is 87.7 Å². The van der Waals surface area contributed by atoms with Gasteiger partial charge < -0.3 is 10.1 Å². The lowest BCUT2D eigenvalue weighted by molar-refractivity contribution is -0.116. The van der Waals surface area contributed by atoms with Gasteiger partial charge >= 0.3 is 12.1 Å². The molecule has 0 heterocycles. The van der Waals surface area contributed by atoms with Crippen LogP contribution in [0.25, 0.3) is 0 Å². The average molecular weight is 321 g/mol. The summed E-state index contributed by atoms with van der Waals surface area (Å²) in [4.78, 5) is 34.9. The van der Waals surface area contributed by atoms with Gasteiger partial charge in [0.25, 0.3) is 0 Å². The fourth-order valence-corrected chi connectivity index (χ4v) is 1.68. The van der Waals surface area contributed by atoms with Crippen LogP contribution in [0.1, 0.15) is 32.8 Å². The maximum absolute atomic E-state index is 12.1. The van der Waals surface area contributed by atoms with E-state index in [1.807, 2.05) is 37.3 Å². The van der Waals surface area contributed by atoms with E-state index in [2.05, 4.69) is 10.7 Å². The molecule has 0 aliphatic heterocycles. The van der Waals surface area contributed by atoms with Crippen molar-refractivity contribution in [1.29, 1.82) is 0 Å². The fraction of sp³-hybridized carbons (Fsp3) is 0.438. The Hall–Kier alpha value is -2.57. The Morgan fingerprint density at radius 1 is 1.22 bits per heavy atom. The third kappa shape index (κ3) is 6.82. The highest BCUT2D eigenvalue weighted by molar-refractivity contribution is 5.84. The number of hydrogen-bond donors (Lipinski definition) is 2. The summed E-state index contributed by atoms with van der Waals surface area (Å²) in [6.45, 7) is 5.05. The molecular formula is C16H23N3O4. The molecule has 0 fully saturated rings. The third-order valence-electron chi connectivity index (χ3n) is 3.16. The van der Waals surface area contributed by atoms with E-state index < -0.39 is 12.1 Å². The van der Waals surface area contributed by atoms with Crippen molar-refractivity contribution in [2.45, 2.75) is 39.8 Å². The van der Waals surface area contributed by atoms with Crippen molar-refractivity contribution in [3.05, 3.63) is 35.9 Å². The number of rotatable bonds is 6. The van der Waals surface area contributed by atoms with Crippen molar-refractivity contribution in [3.63, 3.8) is 0 Å². The molecule has 0 aliphatic rings. The zero-order valence-electron chi connectivity index (χ0n) is 13.7. The number of amides is 3. The van der Waals surface area contributed by atoms with Crippen molar-refractivity contribution in [2.24, 2.45) is 0 Å². The molecule has 7 nitrogen and oxygen atoms in total. The van der Waals surface area contributed by atoms with Crippen molar-refractivity contribution in [1.82, 2.24) is 15.8 Å². The molecular weight excluding hydrogens is 298 g/mol. The van der Waals surface area contributed by atoms with Crippen LogP contribution in [0.15, 0.2) is 30.3 Å². The lowest BCUT2D eigenvalue weighted by Gasteiger charge is -2.28. The summed E-state index contributed by atoms with van der Waals surface area (Å²) < 4.78 is 5.09. The molecule has 1 unspecified atom stereocenters. The summed E-state index contributed by atoms with van der Waals surface area (Å²) in [5.74, 6) is -0.172. The first-order chi connectivity index (χ1) is 10.9. The van der Waals surface area contributed by atoms with Crippen molar-refractivity contribution in [3.8, 4) is 0 Å². The summed E-state index contributed by atoms with van der Waals surface area (Å²) in [6, 6.07) is 8.43. The molecule has 0 spiro atoms. The van der Waals surface area contributed by atoms with Gasteiger partial charge in [-0.05, 0) is 25.8 Å². The highest BCUT2D eigenvalue weighted by atomic mass is 16.6. The molecule has 0 aliphatic carbocycles. The number of Topliss-reactive ketones (excluding diaryl/α,β-unsaturated/α-hetero) is 1. The molecule has 126 valence electrons. The molecule has 3 amide bonds. The van der Waals surface area contributed by atoms with E-state index >= 15 is 0 Å². The van der Waals surface area contributed by atoms with Gasteiger partial charge in [-0.1, -0.05) is 37.3 Å². The number of urea groups is 1. The van der Waals surface area contributed by atoms with Crippen LogP contribution in [-0.2, 0) is 16.1 Å². The first-order valence-corrected chi connectivity index (χ1v) is 7.47. The number of hydrogen-bond acceptors (Lipinski definition) is 4. The van der Waals surface area contributed by atoms with Crippen LogP contribution in [0, 0.1) is 0 Å². The summed E-state index contributed by atoms with van der Waals surface area (Å²) in [7, 11) is 0. The second kappa shape index (κ2) is 9.45. The quantitative estimate of drug-likeness (QED) is 0.787. The fourth-order valence-electron chi connectivity index (χ4n) is 1.68. The maximum atomic E-state index is 12.1. The highest BCUT2D eigenvalue weighted by Gasteiger charge is 2.22. The smallest absolute Gasteiger partial charge is 0.426 e. The van der Waals surface area contributed by atoms with Gasteiger partial charge in [0.2, 0.25) is 0 Å².